The SMILES string of the molecule is Cc1ccc(N(C)CC(CN(N)/C=C\N)OC=O)cc1F. The van der Waals surface area contributed by atoms with Gasteiger partial charge in [0, 0.05) is 25.1 Å². The van der Waals surface area contributed by atoms with E-state index in [0.29, 0.717) is 24.3 Å². The van der Waals surface area contributed by atoms with Crippen molar-refractivity contribution in [2.75, 3.05) is 25.0 Å². The summed E-state index contributed by atoms with van der Waals surface area (Å²) < 4.78 is 18.6. The molecule has 6 nitrogen and oxygen atoms in total. The summed E-state index contributed by atoms with van der Waals surface area (Å²) in [6, 6.07) is 4.94. The number of carbonyl (C=O) groups is 1. The Bertz CT molecular complexity index is 496. The first kappa shape index (κ1) is 16.8. The van der Waals surface area contributed by atoms with Gasteiger partial charge in [0.1, 0.15) is 11.9 Å². The standard InChI is InChI=1S/C14H21FN4O2/c1-11-3-4-12(7-14(11)15)18(2)8-13(21-10-20)9-19(17)6-5-16/h3-7,10,13H,8-9,16-17H2,1-2H3/b6-5-. The van der Waals surface area contributed by atoms with Crippen LogP contribution >= 0.6 is 0 Å². The van der Waals surface area contributed by atoms with Crippen molar-refractivity contribution in [3.8, 4) is 0 Å². The molecule has 7 heteroatoms. The number of nitrogens with zero attached hydrogens (tertiary/aromatic N) is 2. The third-order valence-corrected chi connectivity index (χ3v) is 3.01. The molecule has 0 aliphatic carbocycles. The van der Waals surface area contributed by atoms with E-state index < -0.39 is 6.10 Å². The first-order valence-corrected chi connectivity index (χ1v) is 6.44. The number of ether oxygens (including phenoxy) is 1. The number of carbonyl (C=O) groups excluding carboxylic acids is 1. The van der Waals surface area contributed by atoms with E-state index in [2.05, 4.69) is 0 Å². The summed E-state index contributed by atoms with van der Waals surface area (Å²) in [4.78, 5) is 12.4. The highest BCUT2D eigenvalue weighted by molar-refractivity contribution is 5.47. The van der Waals surface area contributed by atoms with E-state index in [1.807, 2.05) is 0 Å². The fourth-order valence-electron chi connectivity index (χ4n) is 1.86. The molecule has 0 aliphatic heterocycles. The Hall–Kier alpha value is -2.28. The summed E-state index contributed by atoms with van der Waals surface area (Å²) in [7, 11) is 1.78. The molecule has 0 aromatic heterocycles. The summed E-state index contributed by atoms with van der Waals surface area (Å²) >= 11 is 0. The molecule has 0 amide bonds. The molecular weight excluding hydrogens is 275 g/mol. The Morgan fingerprint density at radius 2 is 2.14 bits per heavy atom. The fourth-order valence-corrected chi connectivity index (χ4v) is 1.86. The molecule has 21 heavy (non-hydrogen) atoms. The summed E-state index contributed by atoms with van der Waals surface area (Å²) in [5.74, 6) is 5.39. The normalized spacial score (nSPS) is 12.2. The van der Waals surface area contributed by atoms with E-state index in [1.54, 1.807) is 31.0 Å². The Morgan fingerprint density at radius 1 is 1.43 bits per heavy atom. The summed E-state index contributed by atoms with van der Waals surface area (Å²) in [5, 5.41) is 1.32. The molecule has 1 aromatic carbocycles. The number of hydrogen-bond donors (Lipinski definition) is 2. The van der Waals surface area contributed by atoms with Gasteiger partial charge in [0.25, 0.3) is 6.47 Å². The minimum absolute atomic E-state index is 0.269. The van der Waals surface area contributed by atoms with Gasteiger partial charge in [-0.05, 0) is 24.6 Å². The van der Waals surface area contributed by atoms with Gasteiger partial charge < -0.3 is 20.4 Å². The molecule has 116 valence electrons. The van der Waals surface area contributed by atoms with Crippen LogP contribution in [0.25, 0.3) is 0 Å². The van der Waals surface area contributed by atoms with Crippen molar-refractivity contribution in [2.45, 2.75) is 13.0 Å². The molecule has 0 aliphatic rings. The van der Waals surface area contributed by atoms with Crippen LogP contribution < -0.4 is 16.5 Å². The van der Waals surface area contributed by atoms with Gasteiger partial charge in [-0.3, -0.25) is 4.79 Å². The number of hydrogen-bond acceptors (Lipinski definition) is 6. The lowest BCUT2D eigenvalue weighted by Crippen LogP contribution is -2.41. The monoisotopic (exact) mass is 296 g/mol. The first-order chi connectivity index (χ1) is 9.97. The van der Waals surface area contributed by atoms with Crippen LogP contribution in [0.4, 0.5) is 10.1 Å². The number of benzene rings is 1. The van der Waals surface area contributed by atoms with Gasteiger partial charge in [0.15, 0.2) is 0 Å². The molecule has 0 bridgehead atoms. The van der Waals surface area contributed by atoms with Crippen LogP contribution in [-0.4, -0.2) is 37.7 Å². The molecule has 0 spiro atoms. The van der Waals surface area contributed by atoms with E-state index in [1.165, 1.54) is 23.5 Å². The van der Waals surface area contributed by atoms with Gasteiger partial charge in [-0.15, -0.1) is 0 Å². The maximum atomic E-state index is 13.6. The quantitative estimate of drug-likeness (QED) is 0.418. The first-order valence-electron chi connectivity index (χ1n) is 6.44. The number of nitrogens with two attached hydrogens (primary N) is 2. The minimum Gasteiger partial charge on any atom is -0.461 e. The van der Waals surface area contributed by atoms with Crippen molar-refractivity contribution in [3.05, 3.63) is 42.0 Å². The number of halogens is 1. The zero-order valence-electron chi connectivity index (χ0n) is 12.2. The maximum Gasteiger partial charge on any atom is 0.293 e. The van der Waals surface area contributed by atoms with E-state index in [-0.39, 0.29) is 12.4 Å². The molecule has 0 radical (unpaired) electrons. The van der Waals surface area contributed by atoms with Gasteiger partial charge in [0.2, 0.25) is 0 Å². The number of anilines is 1. The average molecular weight is 296 g/mol. The Labute approximate surface area is 123 Å². The Kier molecular flexibility index (Phi) is 6.48. The number of aryl methyl sites for hydroxylation is 1. The van der Waals surface area contributed by atoms with E-state index in [9.17, 15) is 9.18 Å². The predicted octanol–water partition coefficient (Wildman–Crippen LogP) is 0.718. The van der Waals surface area contributed by atoms with Crippen molar-refractivity contribution in [2.24, 2.45) is 11.6 Å². The highest BCUT2D eigenvalue weighted by atomic mass is 19.1. The van der Waals surface area contributed by atoms with Gasteiger partial charge >= 0.3 is 0 Å². The van der Waals surface area contributed by atoms with Crippen molar-refractivity contribution < 1.29 is 13.9 Å². The van der Waals surface area contributed by atoms with Crippen molar-refractivity contribution in [3.63, 3.8) is 0 Å². The Balaban J connectivity index is 2.72. The van der Waals surface area contributed by atoms with E-state index in [4.69, 9.17) is 16.3 Å². The van der Waals surface area contributed by atoms with Gasteiger partial charge in [-0.25, -0.2) is 10.2 Å². The minimum atomic E-state index is -0.474. The number of rotatable bonds is 8. The van der Waals surface area contributed by atoms with Crippen LogP contribution in [0.1, 0.15) is 5.56 Å². The average Bonchev–Trinajstić information content (AvgIpc) is 2.42. The summed E-state index contributed by atoms with van der Waals surface area (Å²) in [5.41, 5.74) is 6.51. The summed E-state index contributed by atoms with van der Waals surface area (Å²) in [6.45, 7) is 2.70. The second-order valence-corrected chi connectivity index (χ2v) is 4.71. The van der Waals surface area contributed by atoms with Crippen LogP contribution in [0, 0.1) is 12.7 Å². The smallest absolute Gasteiger partial charge is 0.293 e. The molecule has 4 N–H and O–H groups in total. The Morgan fingerprint density at radius 3 is 2.71 bits per heavy atom. The molecule has 0 heterocycles. The lowest BCUT2D eigenvalue weighted by Gasteiger charge is -2.27. The van der Waals surface area contributed by atoms with E-state index >= 15 is 0 Å². The second-order valence-electron chi connectivity index (χ2n) is 4.71. The molecule has 0 saturated heterocycles. The van der Waals surface area contributed by atoms with E-state index in [0.717, 1.165) is 0 Å². The van der Waals surface area contributed by atoms with Gasteiger partial charge in [-0.2, -0.15) is 0 Å². The van der Waals surface area contributed by atoms with Crippen molar-refractivity contribution in [1.29, 1.82) is 0 Å². The predicted molar refractivity (Wildman–Crippen MR) is 79.6 cm³/mol. The van der Waals surface area contributed by atoms with Gasteiger partial charge in [-0.1, -0.05) is 6.07 Å². The van der Waals surface area contributed by atoms with Crippen LogP contribution in [0.5, 0.6) is 0 Å². The molecule has 1 atom stereocenters. The third-order valence-electron chi connectivity index (χ3n) is 3.01. The van der Waals surface area contributed by atoms with Crippen molar-refractivity contribution in [1.82, 2.24) is 5.01 Å². The number of likely N-dealkylation sites (N-methyl/N-ethyl adjacent to an activating group) is 1. The molecule has 0 saturated carbocycles. The fraction of sp³-hybridized carbons (Fsp3) is 0.357. The second kappa shape index (κ2) is 8.11. The van der Waals surface area contributed by atoms with Crippen LogP contribution in [0.15, 0.2) is 30.6 Å². The lowest BCUT2D eigenvalue weighted by molar-refractivity contribution is -0.133. The topological polar surface area (TPSA) is 84.8 Å². The van der Waals surface area contributed by atoms with Crippen molar-refractivity contribution >= 4 is 12.2 Å². The highest BCUT2D eigenvalue weighted by Gasteiger charge is 2.15. The molecule has 1 aromatic rings. The highest BCUT2D eigenvalue weighted by Crippen LogP contribution is 2.17. The molecule has 1 unspecified atom stereocenters. The molecule has 0 fully saturated rings. The van der Waals surface area contributed by atoms with Crippen LogP contribution in [0.2, 0.25) is 0 Å². The maximum absolute atomic E-state index is 13.6. The largest absolute Gasteiger partial charge is 0.461 e. The van der Waals surface area contributed by atoms with Crippen LogP contribution in [0.3, 0.4) is 0 Å². The lowest BCUT2D eigenvalue weighted by atomic mass is 10.2. The molecule has 1 rings (SSSR count). The van der Waals surface area contributed by atoms with Gasteiger partial charge in [0.05, 0.1) is 13.1 Å². The molecular formula is C14H21FN4O2. The third kappa shape index (κ3) is 5.31. The zero-order chi connectivity index (χ0) is 15.8. The zero-order valence-corrected chi connectivity index (χ0v) is 12.2. The number of hydrazine groups is 1. The van der Waals surface area contributed by atoms with Crippen LogP contribution in [-0.2, 0) is 9.53 Å². The summed E-state index contributed by atoms with van der Waals surface area (Å²) in [6.07, 6.45) is 2.28.